The van der Waals surface area contributed by atoms with Crippen LogP contribution in [-0.2, 0) is 16.0 Å². The molecule has 2 heterocycles. The summed E-state index contributed by atoms with van der Waals surface area (Å²) in [7, 11) is 0. The first-order valence-electron chi connectivity index (χ1n) is 9.93. The molecule has 2 aliphatic rings. The average molecular weight is 457 g/mol. The minimum absolute atomic E-state index is 0.0965. The van der Waals surface area contributed by atoms with Crippen molar-refractivity contribution < 1.29 is 9.59 Å². The maximum Gasteiger partial charge on any atom is 0.266 e. The lowest BCUT2D eigenvalue weighted by molar-refractivity contribution is -0.123. The third kappa shape index (κ3) is 4.46. The minimum atomic E-state index is -0.124. The van der Waals surface area contributed by atoms with Crippen LogP contribution >= 0.6 is 35.6 Å². The van der Waals surface area contributed by atoms with Gasteiger partial charge in [0.2, 0.25) is 5.91 Å². The van der Waals surface area contributed by atoms with E-state index in [-0.39, 0.29) is 11.8 Å². The summed E-state index contributed by atoms with van der Waals surface area (Å²) in [5.41, 5.74) is 3.03. The van der Waals surface area contributed by atoms with Crippen molar-refractivity contribution in [3.8, 4) is 0 Å². The number of halogens is 1. The Hall–Kier alpha value is -2.15. The van der Waals surface area contributed by atoms with Gasteiger partial charge in [-0.05, 0) is 48.6 Å². The summed E-state index contributed by atoms with van der Waals surface area (Å²) in [5, 5.41) is 0.593. The number of thiocarbonyl (C=S) groups is 1. The second kappa shape index (κ2) is 9.33. The van der Waals surface area contributed by atoms with Gasteiger partial charge in [-0.1, -0.05) is 72.0 Å². The minimum Gasteiger partial charge on any atom is -0.312 e. The van der Waals surface area contributed by atoms with Gasteiger partial charge in [0.05, 0.1) is 4.91 Å². The normalized spacial score (nSPS) is 17.6. The average Bonchev–Trinajstić information content (AvgIpc) is 3.02. The van der Waals surface area contributed by atoms with Crippen molar-refractivity contribution in [2.75, 3.05) is 18.0 Å². The molecule has 2 aromatic rings. The number of benzene rings is 2. The van der Waals surface area contributed by atoms with E-state index >= 15 is 0 Å². The molecule has 0 aromatic heterocycles. The second-order valence-corrected chi connectivity index (χ2v) is 9.32. The smallest absolute Gasteiger partial charge is 0.266 e. The molecule has 0 aliphatic carbocycles. The lowest BCUT2D eigenvalue weighted by atomic mass is 10.0. The van der Waals surface area contributed by atoms with Crippen molar-refractivity contribution in [3.63, 3.8) is 0 Å². The monoisotopic (exact) mass is 456 g/mol. The molecule has 0 saturated carbocycles. The molecule has 2 aromatic carbocycles. The number of fused-ring (bicyclic) bond motifs is 1. The number of thioether (sulfide) groups is 1. The molecule has 0 bridgehead atoms. The summed E-state index contributed by atoms with van der Waals surface area (Å²) in [4.78, 5) is 29.6. The molecule has 0 atom stereocenters. The lowest BCUT2D eigenvalue weighted by Crippen LogP contribution is -2.36. The molecule has 1 saturated heterocycles. The zero-order valence-electron chi connectivity index (χ0n) is 16.3. The Bertz CT molecular complexity index is 1040. The summed E-state index contributed by atoms with van der Waals surface area (Å²) in [6.07, 6.45) is 4.72. The van der Waals surface area contributed by atoms with E-state index in [9.17, 15) is 9.59 Å². The molecule has 1 fully saturated rings. The number of rotatable bonds is 5. The van der Waals surface area contributed by atoms with Crippen LogP contribution in [0.3, 0.4) is 0 Å². The third-order valence-corrected chi connectivity index (χ3v) is 6.97. The maximum absolute atomic E-state index is 12.8. The molecule has 0 unspecified atom stereocenters. The van der Waals surface area contributed by atoms with Gasteiger partial charge >= 0.3 is 0 Å². The van der Waals surface area contributed by atoms with Crippen molar-refractivity contribution in [3.05, 3.63) is 69.6 Å². The van der Waals surface area contributed by atoms with Crippen molar-refractivity contribution >= 4 is 63.5 Å². The van der Waals surface area contributed by atoms with Crippen LogP contribution in [0.2, 0.25) is 5.02 Å². The SMILES string of the molecule is O=C1/C(=C/c2ccccc2Cl)SC(=S)N1CCCC(=O)N1CCCc2ccccc21. The Kier molecular flexibility index (Phi) is 6.56. The van der Waals surface area contributed by atoms with Crippen LogP contribution in [0, 0.1) is 0 Å². The fraction of sp³-hybridized carbons (Fsp3) is 0.261. The Balaban J connectivity index is 1.37. The van der Waals surface area contributed by atoms with Gasteiger partial charge in [0.25, 0.3) is 5.91 Å². The standard InChI is InChI=1S/C23H21ClN2O2S2/c24-18-10-3-1-8-17(18)15-20-22(28)26(23(29)30-20)14-6-12-21(27)25-13-5-9-16-7-2-4-11-19(16)25/h1-4,7-8,10-11,15H,5-6,9,12-14H2/b20-15-. The van der Waals surface area contributed by atoms with Gasteiger partial charge in [0.15, 0.2) is 0 Å². The summed E-state index contributed by atoms with van der Waals surface area (Å²) >= 11 is 12.9. The van der Waals surface area contributed by atoms with E-state index < -0.39 is 0 Å². The molecule has 7 heteroatoms. The number of anilines is 1. The molecule has 0 spiro atoms. The van der Waals surface area contributed by atoms with E-state index in [2.05, 4.69) is 6.07 Å². The summed E-state index contributed by atoms with van der Waals surface area (Å²) < 4.78 is 0.522. The highest BCUT2D eigenvalue weighted by Gasteiger charge is 2.32. The lowest BCUT2D eigenvalue weighted by Gasteiger charge is -2.29. The molecule has 0 radical (unpaired) electrons. The van der Waals surface area contributed by atoms with E-state index in [0.29, 0.717) is 33.6 Å². The van der Waals surface area contributed by atoms with Crippen LogP contribution in [0.1, 0.15) is 30.4 Å². The van der Waals surface area contributed by atoms with Gasteiger partial charge in [-0.3, -0.25) is 14.5 Å². The highest BCUT2D eigenvalue weighted by molar-refractivity contribution is 8.26. The quantitative estimate of drug-likeness (QED) is 0.452. The topological polar surface area (TPSA) is 40.6 Å². The number of nitrogens with zero attached hydrogens (tertiary/aromatic N) is 2. The highest BCUT2D eigenvalue weighted by atomic mass is 35.5. The summed E-state index contributed by atoms with van der Waals surface area (Å²) in [6.45, 7) is 1.18. The first kappa shape index (κ1) is 21.1. The first-order chi connectivity index (χ1) is 14.5. The van der Waals surface area contributed by atoms with Crippen LogP contribution in [0.4, 0.5) is 5.69 Å². The third-order valence-electron chi connectivity index (χ3n) is 5.25. The number of carbonyl (C=O) groups excluding carboxylic acids is 2. The van der Waals surface area contributed by atoms with Gasteiger partial charge in [0, 0.05) is 30.2 Å². The Morgan fingerprint density at radius 1 is 1.17 bits per heavy atom. The zero-order valence-corrected chi connectivity index (χ0v) is 18.7. The number of hydrogen-bond acceptors (Lipinski definition) is 4. The number of aryl methyl sites for hydroxylation is 1. The molecular formula is C23H21ClN2O2S2. The zero-order chi connectivity index (χ0) is 21.1. The molecule has 154 valence electrons. The van der Waals surface area contributed by atoms with Crippen molar-refractivity contribution in [1.82, 2.24) is 4.90 Å². The van der Waals surface area contributed by atoms with Gasteiger partial charge < -0.3 is 4.90 Å². The molecule has 4 nitrogen and oxygen atoms in total. The van der Waals surface area contributed by atoms with E-state index in [1.54, 1.807) is 17.0 Å². The number of hydrogen-bond donors (Lipinski definition) is 0. The molecule has 0 N–H and O–H groups in total. The van der Waals surface area contributed by atoms with Crippen LogP contribution < -0.4 is 4.90 Å². The van der Waals surface area contributed by atoms with Crippen molar-refractivity contribution in [2.45, 2.75) is 25.7 Å². The van der Waals surface area contributed by atoms with Crippen molar-refractivity contribution in [2.24, 2.45) is 0 Å². The first-order valence-corrected chi connectivity index (χ1v) is 11.5. The van der Waals surface area contributed by atoms with Gasteiger partial charge in [0.1, 0.15) is 4.32 Å². The van der Waals surface area contributed by atoms with E-state index in [1.165, 1.54) is 17.3 Å². The van der Waals surface area contributed by atoms with Crippen LogP contribution in [0.25, 0.3) is 6.08 Å². The largest absolute Gasteiger partial charge is 0.312 e. The Morgan fingerprint density at radius 2 is 1.93 bits per heavy atom. The number of carbonyl (C=O) groups is 2. The number of amides is 2. The van der Waals surface area contributed by atoms with Gasteiger partial charge in [-0.2, -0.15) is 0 Å². The van der Waals surface area contributed by atoms with Crippen LogP contribution in [0.5, 0.6) is 0 Å². The molecule has 2 aliphatic heterocycles. The molecule has 4 rings (SSSR count). The Morgan fingerprint density at radius 3 is 2.77 bits per heavy atom. The van der Waals surface area contributed by atoms with Gasteiger partial charge in [-0.15, -0.1) is 0 Å². The van der Waals surface area contributed by atoms with E-state index in [1.807, 2.05) is 41.3 Å². The van der Waals surface area contributed by atoms with E-state index in [0.717, 1.165) is 30.6 Å². The fourth-order valence-corrected chi connectivity index (χ4v) is 5.23. The molecule has 30 heavy (non-hydrogen) atoms. The van der Waals surface area contributed by atoms with Gasteiger partial charge in [-0.25, -0.2) is 0 Å². The number of para-hydroxylation sites is 1. The summed E-state index contributed by atoms with van der Waals surface area (Å²) in [5.74, 6) is -0.0279. The predicted molar refractivity (Wildman–Crippen MR) is 128 cm³/mol. The van der Waals surface area contributed by atoms with Crippen molar-refractivity contribution in [1.29, 1.82) is 0 Å². The fourth-order valence-electron chi connectivity index (χ4n) is 3.74. The van der Waals surface area contributed by atoms with Crippen LogP contribution in [0.15, 0.2) is 53.4 Å². The van der Waals surface area contributed by atoms with E-state index in [4.69, 9.17) is 23.8 Å². The Labute approximate surface area is 190 Å². The predicted octanol–water partition coefficient (Wildman–Crippen LogP) is 5.30. The van der Waals surface area contributed by atoms with Crippen LogP contribution in [-0.4, -0.2) is 34.1 Å². The molecule has 2 amide bonds. The maximum atomic E-state index is 12.8. The highest BCUT2D eigenvalue weighted by Crippen LogP contribution is 2.34. The summed E-state index contributed by atoms with van der Waals surface area (Å²) in [6, 6.07) is 15.5. The second-order valence-electron chi connectivity index (χ2n) is 7.24. The molecular weight excluding hydrogens is 436 g/mol.